The van der Waals surface area contributed by atoms with Crippen molar-refractivity contribution in [2.75, 3.05) is 13.2 Å². The lowest BCUT2D eigenvalue weighted by atomic mass is 10.0. The second-order valence-corrected chi connectivity index (χ2v) is 21.0. The number of rotatable bonds is 57. The van der Waals surface area contributed by atoms with Gasteiger partial charge in [0.25, 0.3) is 0 Å². The number of hydrogen-bond acceptors (Lipinski definition) is 5. The van der Waals surface area contributed by atoms with Crippen LogP contribution in [0.5, 0.6) is 0 Å². The largest absolute Gasteiger partial charge is 0.466 e. The number of hydrogen-bond donors (Lipinski definition) is 3. The van der Waals surface area contributed by atoms with Gasteiger partial charge in [0.1, 0.15) is 0 Å². The summed E-state index contributed by atoms with van der Waals surface area (Å²) in [6, 6.07) is -0.634. The predicted octanol–water partition coefficient (Wildman–Crippen LogP) is 19.2. The third-order valence-corrected chi connectivity index (χ3v) is 14.1. The Morgan fingerprint density at radius 3 is 1.07 bits per heavy atom. The number of nitrogens with one attached hydrogen (secondary N) is 1. The van der Waals surface area contributed by atoms with E-state index in [-0.39, 0.29) is 18.5 Å². The summed E-state index contributed by atoms with van der Waals surface area (Å²) in [6.07, 6.45) is 73.2. The molecule has 6 heteroatoms. The van der Waals surface area contributed by atoms with Gasteiger partial charge in [0.2, 0.25) is 5.91 Å². The van der Waals surface area contributed by atoms with E-state index in [0.717, 1.165) is 51.4 Å². The molecular formula is C63H119NO5. The first-order chi connectivity index (χ1) is 34.0. The van der Waals surface area contributed by atoms with Crippen LogP contribution in [-0.2, 0) is 14.3 Å². The molecule has 0 heterocycles. The molecule has 0 saturated carbocycles. The molecule has 0 rings (SSSR count). The standard InChI is InChI=1S/C63H119NO5/c1-3-5-7-9-11-13-15-16-17-18-23-26-29-32-36-39-43-47-51-55-61(66)60(59-65)64-62(67)56-52-48-44-40-37-33-30-27-24-21-19-20-22-25-28-31-34-38-42-46-50-54-58-69-63(68)57-53-49-45-41-35-14-12-10-8-6-4-2/h10,12,21,24,51,55,60-61,65-66H,3-9,11,13-20,22-23,25-50,52-54,56-59H2,1-2H3,(H,64,67)/b12-10-,24-21-,55-51+. The van der Waals surface area contributed by atoms with E-state index < -0.39 is 12.1 Å². The third-order valence-electron chi connectivity index (χ3n) is 14.1. The van der Waals surface area contributed by atoms with Crippen LogP contribution in [0.2, 0.25) is 0 Å². The minimum Gasteiger partial charge on any atom is -0.466 e. The maximum absolute atomic E-state index is 12.5. The summed E-state index contributed by atoms with van der Waals surface area (Å²) in [5.41, 5.74) is 0. The van der Waals surface area contributed by atoms with Gasteiger partial charge in [0.05, 0.1) is 25.4 Å². The molecule has 2 atom stereocenters. The molecule has 0 saturated heterocycles. The van der Waals surface area contributed by atoms with Crippen molar-refractivity contribution in [3.05, 3.63) is 36.5 Å². The number of ether oxygens (including phenoxy) is 1. The van der Waals surface area contributed by atoms with Gasteiger partial charge in [-0.25, -0.2) is 0 Å². The van der Waals surface area contributed by atoms with E-state index in [1.165, 1.54) is 250 Å². The lowest BCUT2D eigenvalue weighted by Gasteiger charge is -2.20. The van der Waals surface area contributed by atoms with E-state index in [4.69, 9.17) is 4.74 Å². The van der Waals surface area contributed by atoms with Crippen LogP contribution < -0.4 is 5.32 Å². The van der Waals surface area contributed by atoms with Gasteiger partial charge >= 0.3 is 5.97 Å². The fraction of sp³-hybridized carbons (Fsp3) is 0.873. The molecule has 0 radical (unpaired) electrons. The highest BCUT2D eigenvalue weighted by Crippen LogP contribution is 2.17. The van der Waals surface area contributed by atoms with Crippen molar-refractivity contribution in [2.24, 2.45) is 0 Å². The average Bonchev–Trinajstić information content (AvgIpc) is 3.35. The Bertz CT molecular complexity index is 1120. The fourth-order valence-corrected chi connectivity index (χ4v) is 9.38. The first-order valence-corrected chi connectivity index (χ1v) is 30.8. The summed E-state index contributed by atoms with van der Waals surface area (Å²) in [5, 5.41) is 23.2. The van der Waals surface area contributed by atoms with Gasteiger partial charge in [-0.3, -0.25) is 9.59 Å². The zero-order valence-corrected chi connectivity index (χ0v) is 46.3. The summed E-state index contributed by atoms with van der Waals surface area (Å²) < 4.78 is 5.45. The minimum atomic E-state index is -0.850. The quantitative estimate of drug-likeness (QED) is 0.0321. The van der Waals surface area contributed by atoms with Crippen molar-refractivity contribution in [3.63, 3.8) is 0 Å². The van der Waals surface area contributed by atoms with E-state index in [0.29, 0.717) is 19.4 Å². The van der Waals surface area contributed by atoms with Crippen LogP contribution >= 0.6 is 0 Å². The zero-order chi connectivity index (χ0) is 50.0. The van der Waals surface area contributed by atoms with Gasteiger partial charge in [-0.2, -0.15) is 0 Å². The SMILES string of the molecule is CCCC/C=C\CCCCCCCC(=O)OCCCCCCCCCCCCC/C=C\CCCCCCCCCC(=O)NC(CO)C(O)/C=C/CCCCCCCCCCCCCCCCCCC. The molecule has 3 N–H and O–H groups in total. The molecule has 0 aliphatic carbocycles. The van der Waals surface area contributed by atoms with E-state index in [2.05, 4.69) is 43.5 Å². The Labute approximate surface area is 430 Å². The summed E-state index contributed by atoms with van der Waals surface area (Å²) in [7, 11) is 0. The molecule has 406 valence electrons. The molecule has 0 aromatic carbocycles. The Morgan fingerprint density at radius 2 is 0.696 bits per heavy atom. The Kier molecular flexibility index (Phi) is 57.0. The lowest BCUT2D eigenvalue weighted by molar-refractivity contribution is -0.143. The van der Waals surface area contributed by atoms with E-state index in [1.54, 1.807) is 6.08 Å². The molecule has 0 spiro atoms. The topological polar surface area (TPSA) is 95.9 Å². The third kappa shape index (κ3) is 55.2. The van der Waals surface area contributed by atoms with Crippen LogP contribution in [-0.4, -0.2) is 47.4 Å². The summed E-state index contributed by atoms with van der Waals surface area (Å²) >= 11 is 0. The van der Waals surface area contributed by atoms with E-state index >= 15 is 0 Å². The highest BCUT2D eigenvalue weighted by atomic mass is 16.5. The van der Waals surface area contributed by atoms with Gasteiger partial charge in [-0.15, -0.1) is 0 Å². The minimum absolute atomic E-state index is 0.00178. The van der Waals surface area contributed by atoms with Crippen LogP contribution in [0, 0.1) is 0 Å². The van der Waals surface area contributed by atoms with Crippen molar-refractivity contribution in [1.29, 1.82) is 0 Å². The molecule has 69 heavy (non-hydrogen) atoms. The number of amides is 1. The monoisotopic (exact) mass is 970 g/mol. The highest BCUT2D eigenvalue weighted by Gasteiger charge is 2.18. The average molecular weight is 971 g/mol. The van der Waals surface area contributed by atoms with E-state index in [9.17, 15) is 19.8 Å². The zero-order valence-electron chi connectivity index (χ0n) is 46.3. The van der Waals surface area contributed by atoms with Crippen molar-refractivity contribution in [3.8, 4) is 0 Å². The molecule has 0 aliphatic heterocycles. The van der Waals surface area contributed by atoms with Crippen molar-refractivity contribution < 1.29 is 24.5 Å². The number of unbranched alkanes of at least 4 members (excludes halogenated alkanes) is 42. The predicted molar refractivity (Wildman–Crippen MR) is 301 cm³/mol. The first kappa shape index (κ1) is 67.1. The molecule has 0 fully saturated rings. The van der Waals surface area contributed by atoms with Crippen LogP contribution in [0.3, 0.4) is 0 Å². The van der Waals surface area contributed by atoms with Gasteiger partial charge in [0.15, 0.2) is 0 Å². The number of carbonyl (C=O) groups is 2. The molecule has 1 amide bonds. The smallest absolute Gasteiger partial charge is 0.305 e. The summed E-state index contributed by atoms with van der Waals surface area (Å²) in [4.78, 5) is 24.5. The van der Waals surface area contributed by atoms with Gasteiger partial charge in [-0.05, 0) is 77.0 Å². The van der Waals surface area contributed by atoms with Crippen LogP contribution in [0.1, 0.15) is 328 Å². The second kappa shape index (κ2) is 58.6. The molecule has 0 aromatic rings. The van der Waals surface area contributed by atoms with Crippen molar-refractivity contribution >= 4 is 11.9 Å². The lowest BCUT2D eigenvalue weighted by Crippen LogP contribution is -2.45. The Morgan fingerprint density at radius 1 is 0.391 bits per heavy atom. The van der Waals surface area contributed by atoms with Crippen molar-refractivity contribution in [1.82, 2.24) is 5.32 Å². The van der Waals surface area contributed by atoms with Gasteiger partial charge in [-0.1, -0.05) is 275 Å². The fourth-order valence-electron chi connectivity index (χ4n) is 9.38. The van der Waals surface area contributed by atoms with Crippen LogP contribution in [0.15, 0.2) is 36.5 Å². The normalized spacial score (nSPS) is 12.8. The molecular weight excluding hydrogens is 851 g/mol. The molecule has 0 aromatic heterocycles. The van der Waals surface area contributed by atoms with E-state index in [1.807, 2.05) is 6.08 Å². The number of carbonyl (C=O) groups excluding carboxylic acids is 2. The molecule has 0 aliphatic rings. The summed E-state index contributed by atoms with van der Waals surface area (Å²) in [6.45, 7) is 4.87. The number of allylic oxidation sites excluding steroid dienone is 5. The van der Waals surface area contributed by atoms with Crippen LogP contribution in [0.25, 0.3) is 0 Å². The second-order valence-electron chi connectivity index (χ2n) is 21.0. The molecule has 0 bridgehead atoms. The highest BCUT2D eigenvalue weighted by molar-refractivity contribution is 5.76. The number of aliphatic hydroxyl groups excluding tert-OH is 2. The van der Waals surface area contributed by atoms with Gasteiger partial charge < -0.3 is 20.3 Å². The number of esters is 1. The maximum Gasteiger partial charge on any atom is 0.305 e. The molecule has 6 nitrogen and oxygen atoms in total. The van der Waals surface area contributed by atoms with Gasteiger partial charge in [0, 0.05) is 12.8 Å². The first-order valence-electron chi connectivity index (χ1n) is 30.8. The summed E-state index contributed by atoms with van der Waals surface area (Å²) in [5.74, 6) is -0.0748. The maximum atomic E-state index is 12.5. The van der Waals surface area contributed by atoms with Crippen LogP contribution in [0.4, 0.5) is 0 Å². The molecule has 2 unspecified atom stereocenters. The van der Waals surface area contributed by atoms with Crippen molar-refractivity contribution in [2.45, 2.75) is 341 Å². The number of aliphatic hydroxyl groups is 2. The Balaban J connectivity index is 3.46. The Hall–Kier alpha value is -1.92.